The minimum absolute atomic E-state index is 0.373. The van der Waals surface area contributed by atoms with Gasteiger partial charge in [0.25, 0.3) is 0 Å². The highest BCUT2D eigenvalue weighted by Crippen LogP contribution is 2.28. The molecule has 1 fully saturated rings. The number of ether oxygens (including phenoxy) is 1. The molecule has 0 spiro atoms. The molecule has 2 N–H and O–H groups in total. The zero-order valence-corrected chi connectivity index (χ0v) is 16.9. The number of anilines is 2. The third kappa shape index (κ3) is 5.92. The van der Waals surface area contributed by atoms with Gasteiger partial charge in [0, 0.05) is 31.1 Å². The Labute approximate surface area is 163 Å². The normalized spacial score (nSPS) is 16.8. The van der Waals surface area contributed by atoms with Crippen molar-refractivity contribution >= 4 is 33.9 Å². The van der Waals surface area contributed by atoms with E-state index in [2.05, 4.69) is 58.5 Å². The first-order chi connectivity index (χ1) is 12.6. The summed E-state index contributed by atoms with van der Waals surface area (Å²) >= 11 is 3.06. The molecule has 0 bridgehead atoms. The van der Waals surface area contributed by atoms with Crippen LogP contribution in [0.25, 0.3) is 0 Å². The van der Waals surface area contributed by atoms with Crippen molar-refractivity contribution in [3.63, 3.8) is 0 Å². The highest BCUT2D eigenvalue weighted by Gasteiger charge is 2.16. The van der Waals surface area contributed by atoms with E-state index in [9.17, 15) is 5.11 Å². The van der Waals surface area contributed by atoms with E-state index in [0.29, 0.717) is 18.2 Å². The molecule has 6 nitrogen and oxygen atoms in total. The monoisotopic (exact) mass is 394 g/mol. The molecule has 1 aliphatic heterocycles. The number of hydrogen-bond donors (Lipinski definition) is 2. The van der Waals surface area contributed by atoms with Crippen LogP contribution in [0.2, 0.25) is 0 Å². The molecular weight excluding hydrogens is 368 g/mol. The predicted molar refractivity (Wildman–Crippen MR) is 108 cm³/mol. The van der Waals surface area contributed by atoms with Crippen LogP contribution in [0.4, 0.5) is 10.8 Å². The van der Waals surface area contributed by atoms with Crippen LogP contribution in [0.3, 0.4) is 0 Å². The molecule has 1 aromatic heterocycles. The Hall–Kier alpha value is -1.19. The molecule has 2 aromatic rings. The lowest BCUT2D eigenvalue weighted by Gasteiger charge is -2.28. The van der Waals surface area contributed by atoms with Gasteiger partial charge in [0.1, 0.15) is 0 Å². The summed E-state index contributed by atoms with van der Waals surface area (Å²) in [6.45, 7) is 8.35. The van der Waals surface area contributed by atoms with Crippen LogP contribution < -0.4 is 5.32 Å². The van der Waals surface area contributed by atoms with Crippen molar-refractivity contribution in [1.82, 2.24) is 15.1 Å². The summed E-state index contributed by atoms with van der Waals surface area (Å²) in [4.78, 5) is 2.24. The molecule has 1 aliphatic rings. The fraction of sp³-hybridized carbons (Fsp3) is 0.556. The van der Waals surface area contributed by atoms with Gasteiger partial charge in [0.05, 0.1) is 19.3 Å². The van der Waals surface area contributed by atoms with Crippen molar-refractivity contribution in [3.8, 4) is 0 Å². The van der Waals surface area contributed by atoms with Gasteiger partial charge in [-0.05, 0) is 23.6 Å². The van der Waals surface area contributed by atoms with Gasteiger partial charge in [-0.25, -0.2) is 0 Å². The summed E-state index contributed by atoms with van der Waals surface area (Å²) in [6.07, 6.45) is -0.373. The summed E-state index contributed by atoms with van der Waals surface area (Å²) < 4.78 is 6.20. The highest BCUT2D eigenvalue weighted by molar-refractivity contribution is 8.01. The highest BCUT2D eigenvalue weighted by atomic mass is 32.2. The van der Waals surface area contributed by atoms with Crippen LogP contribution in [0, 0.1) is 0 Å². The number of morpholine rings is 1. The number of nitrogens with one attached hydrogen (secondary N) is 1. The Morgan fingerprint density at radius 1 is 1.23 bits per heavy atom. The minimum Gasteiger partial charge on any atom is -0.391 e. The molecule has 0 aliphatic carbocycles. The molecule has 142 valence electrons. The maximum atomic E-state index is 10.2. The topological polar surface area (TPSA) is 70.5 Å². The van der Waals surface area contributed by atoms with E-state index in [0.717, 1.165) is 41.5 Å². The van der Waals surface area contributed by atoms with Crippen molar-refractivity contribution in [2.24, 2.45) is 0 Å². The van der Waals surface area contributed by atoms with E-state index in [1.54, 1.807) is 11.8 Å². The second-order valence-electron chi connectivity index (χ2n) is 6.65. The molecular formula is C18H26N4O2S2. The average Bonchev–Trinajstić information content (AvgIpc) is 3.09. The van der Waals surface area contributed by atoms with Gasteiger partial charge in [0.2, 0.25) is 5.13 Å². The molecule has 2 heterocycles. The van der Waals surface area contributed by atoms with Crippen molar-refractivity contribution in [1.29, 1.82) is 0 Å². The molecule has 0 saturated carbocycles. The van der Waals surface area contributed by atoms with Gasteiger partial charge in [-0.15, -0.1) is 10.2 Å². The van der Waals surface area contributed by atoms with E-state index in [-0.39, 0.29) is 6.10 Å². The maximum absolute atomic E-state index is 10.2. The van der Waals surface area contributed by atoms with Crippen LogP contribution in [0.5, 0.6) is 0 Å². The molecule has 0 radical (unpaired) electrons. The number of hydrogen-bond acceptors (Lipinski definition) is 8. The van der Waals surface area contributed by atoms with Gasteiger partial charge in [-0.2, -0.15) is 0 Å². The second kappa shape index (κ2) is 9.66. The van der Waals surface area contributed by atoms with Crippen molar-refractivity contribution in [2.75, 3.05) is 43.9 Å². The van der Waals surface area contributed by atoms with Crippen LogP contribution in [0.15, 0.2) is 28.6 Å². The summed E-state index contributed by atoms with van der Waals surface area (Å²) in [5.41, 5.74) is 2.33. The van der Waals surface area contributed by atoms with E-state index in [1.807, 2.05) is 0 Å². The van der Waals surface area contributed by atoms with Gasteiger partial charge in [-0.1, -0.05) is 49.1 Å². The number of rotatable bonds is 8. The molecule has 1 aromatic carbocycles. The SMILES string of the molecule is CC(C)c1ccc(Nc2nnc(SC[C@@H](O)CN3CCOCC3)s2)cc1. The summed E-state index contributed by atoms with van der Waals surface area (Å²) in [5.74, 6) is 1.15. The molecule has 0 amide bonds. The molecule has 3 rings (SSSR count). The van der Waals surface area contributed by atoms with Crippen LogP contribution in [-0.4, -0.2) is 64.9 Å². The first-order valence-electron chi connectivity index (χ1n) is 8.91. The largest absolute Gasteiger partial charge is 0.391 e. The Balaban J connectivity index is 1.45. The molecule has 8 heteroatoms. The smallest absolute Gasteiger partial charge is 0.210 e. The minimum atomic E-state index is -0.373. The maximum Gasteiger partial charge on any atom is 0.210 e. The van der Waals surface area contributed by atoms with Crippen molar-refractivity contribution in [3.05, 3.63) is 29.8 Å². The summed E-state index contributed by atoms with van der Waals surface area (Å²) in [6, 6.07) is 8.39. The Kier molecular flexibility index (Phi) is 7.27. The lowest BCUT2D eigenvalue weighted by Crippen LogP contribution is -2.41. The van der Waals surface area contributed by atoms with Gasteiger partial charge in [-0.3, -0.25) is 4.90 Å². The predicted octanol–water partition coefficient (Wildman–Crippen LogP) is 3.19. The number of aliphatic hydroxyl groups excluding tert-OH is 1. The third-order valence-electron chi connectivity index (χ3n) is 4.21. The fourth-order valence-electron chi connectivity index (χ4n) is 2.70. The van der Waals surface area contributed by atoms with E-state index in [4.69, 9.17) is 4.74 Å². The second-order valence-corrected chi connectivity index (χ2v) is 8.90. The first-order valence-corrected chi connectivity index (χ1v) is 10.7. The van der Waals surface area contributed by atoms with E-state index < -0.39 is 0 Å². The number of aliphatic hydroxyl groups is 1. The molecule has 26 heavy (non-hydrogen) atoms. The lowest BCUT2D eigenvalue weighted by atomic mass is 10.0. The number of β-amino-alcohol motifs (C(OH)–C–C–N with tert-alkyl or cyclic N) is 1. The van der Waals surface area contributed by atoms with Crippen molar-refractivity contribution in [2.45, 2.75) is 30.2 Å². The van der Waals surface area contributed by atoms with Gasteiger partial charge in [0.15, 0.2) is 4.34 Å². The number of thioether (sulfide) groups is 1. The quantitative estimate of drug-likeness (QED) is 0.666. The molecule has 1 atom stereocenters. The van der Waals surface area contributed by atoms with Crippen molar-refractivity contribution < 1.29 is 9.84 Å². The number of benzene rings is 1. The van der Waals surface area contributed by atoms with E-state index >= 15 is 0 Å². The van der Waals surface area contributed by atoms with Crippen LogP contribution >= 0.6 is 23.1 Å². The van der Waals surface area contributed by atoms with Gasteiger partial charge >= 0.3 is 0 Å². The summed E-state index contributed by atoms with van der Waals surface area (Å²) in [7, 11) is 0. The number of nitrogens with zero attached hydrogens (tertiary/aromatic N) is 3. The van der Waals surface area contributed by atoms with Crippen LogP contribution in [0.1, 0.15) is 25.3 Å². The van der Waals surface area contributed by atoms with Crippen LogP contribution in [-0.2, 0) is 4.74 Å². The Bertz CT molecular complexity index is 672. The fourth-order valence-corrected chi connectivity index (χ4v) is 4.41. The average molecular weight is 395 g/mol. The summed E-state index contributed by atoms with van der Waals surface area (Å²) in [5, 5.41) is 22.7. The standard InChI is InChI=1S/C18H26N4O2S2/c1-13(2)14-3-5-15(6-4-14)19-17-20-21-18(26-17)25-12-16(23)11-22-7-9-24-10-8-22/h3-6,13,16,23H,7-12H2,1-2H3,(H,19,20)/t16-/m0/s1. The first kappa shape index (κ1) is 19.6. The Morgan fingerprint density at radius 3 is 2.65 bits per heavy atom. The zero-order valence-electron chi connectivity index (χ0n) is 15.2. The van der Waals surface area contributed by atoms with Gasteiger partial charge < -0.3 is 15.2 Å². The third-order valence-corrected chi connectivity index (χ3v) is 6.32. The molecule has 0 unspecified atom stereocenters. The lowest BCUT2D eigenvalue weighted by molar-refractivity contribution is 0.0188. The molecule has 1 saturated heterocycles. The number of aromatic nitrogens is 2. The van der Waals surface area contributed by atoms with E-state index in [1.165, 1.54) is 16.9 Å². The Morgan fingerprint density at radius 2 is 1.96 bits per heavy atom. The zero-order chi connectivity index (χ0) is 18.4.